The van der Waals surface area contributed by atoms with Gasteiger partial charge in [0, 0.05) is 19.3 Å². The van der Waals surface area contributed by atoms with Crippen LogP contribution in [0.2, 0.25) is 0 Å². The molecule has 0 bridgehead atoms. The highest BCUT2D eigenvalue weighted by Crippen LogP contribution is 2.17. The number of unbranched alkanes of at least 4 members (excludes halogenated alkanes) is 27. The molecule has 6 nitrogen and oxygen atoms in total. The minimum absolute atomic E-state index is 0.0651. The molecule has 52 heavy (non-hydrogen) atoms. The predicted octanol–water partition coefficient (Wildman–Crippen LogP) is 14.3. The summed E-state index contributed by atoms with van der Waals surface area (Å²) < 4.78 is 16.6. The lowest BCUT2D eigenvalue weighted by molar-refractivity contribution is -0.167. The molecule has 308 valence electrons. The van der Waals surface area contributed by atoms with Gasteiger partial charge >= 0.3 is 17.9 Å². The van der Waals surface area contributed by atoms with Gasteiger partial charge in [0.1, 0.15) is 13.2 Å². The van der Waals surface area contributed by atoms with Gasteiger partial charge in [0.2, 0.25) is 0 Å². The van der Waals surface area contributed by atoms with E-state index in [1.165, 1.54) is 141 Å². The predicted molar refractivity (Wildman–Crippen MR) is 220 cm³/mol. The third kappa shape index (κ3) is 38.1. The van der Waals surface area contributed by atoms with E-state index in [-0.39, 0.29) is 31.1 Å². The van der Waals surface area contributed by atoms with E-state index in [4.69, 9.17) is 14.2 Å². The van der Waals surface area contributed by atoms with Gasteiger partial charge in [0.15, 0.2) is 6.10 Å². The van der Waals surface area contributed by atoms with Crippen molar-refractivity contribution < 1.29 is 28.6 Å². The summed E-state index contributed by atoms with van der Waals surface area (Å²) in [5, 5.41) is 0. The average molecular weight is 737 g/mol. The molecule has 0 heterocycles. The molecule has 0 amide bonds. The van der Waals surface area contributed by atoms with Gasteiger partial charge in [-0.15, -0.1) is 0 Å². The first-order valence-corrected chi connectivity index (χ1v) is 22.9. The van der Waals surface area contributed by atoms with Crippen molar-refractivity contribution in [1.29, 1.82) is 0 Å². The lowest BCUT2D eigenvalue weighted by Crippen LogP contribution is -2.30. The van der Waals surface area contributed by atoms with Crippen LogP contribution in [-0.2, 0) is 28.6 Å². The Bertz CT molecular complexity index is 783. The molecule has 0 radical (unpaired) electrons. The fourth-order valence-electron chi connectivity index (χ4n) is 6.77. The first kappa shape index (κ1) is 50.4. The van der Waals surface area contributed by atoms with Gasteiger partial charge in [-0.05, 0) is 25.2 Å². The van der Waals surface area contributed by atoms with Gasteiger partial charge < -0.3 is 14.2 Å². The van der Waals surface area contributed by atoms with Crippen molar-refractivity contribution in [3.63, 3.8) is 0 Å². The molecule has 1 unspecified atom stereocenters. The fourth-order valence-corrected chi connectivity index (χ4v) is 6.77. The summed E-state index contributed by atoms with van der Waals surface area (Å²) in [6.45, 7) is 8.95. The summed E-state index contributed by atoms with van der Waals surface area (Å²) in [4.78, 5) is 37.4. The third-order valence-electron chi connectivity index (χ3n) is 10.7. The van der Waals surface area contributed by atoms with Crippen LogP contribution in [-0.4, -0.2) is 37.2 Å². The fraction of sp³-hybridized carbons (Fsp3) is 0.935. The molecule has 0 N–H and O–H groups in total. The second-order valence-electron chi connectivity index (χ2n) is 15.9. The van der Waals surface area contributed by atoms with Crippen molar-refractivity contribution >= 4 is 17.9 Å². The number of esters is 3. The Morgan fingerprint density at radius 3 is 1.00 bits per heavy atom. The van der Waals surface area contributed by atoms with Gasteiger partial charge in [-0.2, -0.15) is 0 Å². The van der Waals surface area contributed by atoms with Crippen LogP contribution in [0.3, 0.4) is 0 Å². The second kappa shape index (κ2) is 40.6. The van der Waals surface area contributed by atoms with Gasteiger partial charge in [0.05, 0.1) is 0 Å². The van der Waals surface area contributed by atoms with Gasteiger partial charge in [-0.3, -0.25) is 14.4 Å². The van der Waals surface area contributed by atoms with E-state index in [1.807, 2.05) is 0 Å². The SMILES string of the molecule is CCCCCCCCCCCCCC(=O)OC[C@@H](COC(=O)CCCCCCCCCCCCCCCCC(C)CC)OC(=O)CCCCCCC. The zero-order valence-corrected chi connectivity index (χ0v) is 35.3. The second-order valence-corrected chi connectivity index (χ2v) is 15.9. The molecule has 0 aliphatic heterocycles. The Morgan fingerprint density at radius 1 is 0.385 bits per heavy atom. The largest absolute Gasteiger partial charge is 0.462 e. The van der Waals surface area contributed by atoms with Crippen LogP contribution in [0.15, 0.2) is 0 Å². The Morgan fingerprint density at radius 2 is 0.673 bits per heavy atom. The third-order valence-corrected chi connectivity index (χ3v) is 10.7. The number of rotatable bonds is 41. The molecule has 0 aromatic heterocycles. The summed E-state index contributed by atoms with van der Waals surface area (Å²) in [6.07, 6.45) is 39.7. The van der Waals surface area contributed by atoms with Gasteiger partial charge in [-0.25, -0.2) is 0 Å². The molecule has 0 fully saturated rings. The van der Waals surface area contributed by atoms with Gasteiger partial charge in [0.25, 0.3) is 0 Å². The average Bonchev–Trinajstić information content (AvgIpc) is 3.14. The molecule has 0 saturated heterocycles. The quantitative estimate of drug-likeness (QED) is 0.0353. The molecule has 0 aromatic carbocycles. The van der Waals surface area contributed by atoms with Crippen LogP contribution in [0, 0.1) is 5.92 Å². The normalized spacial score (nSPS) is 12.5. The monoisotopic (exact) mass is 737 g/mol. The van der Waals surface area contributed by atoms with E-state index in [1.54, 1.807) is 0 Å². The smallest absolute Gasteiger partial charge is 0.306 e. The standard InChI is InChI=1S/C46H88O6/c1-5-8-10-12-13-14-19-23-26-30-33-37-44(47)50-40-43(52-46(49)39-35-28-11-9-6-2)41-51-45(48)38-34-31-27-24-21-18-16-15-17-20-22-25-29-32-36-42(4)7-3/h42-43H,5-41H2,1-4H3/t42?,43-/m0/s1. The van der Waals surface area contributed by atoms with E-state index < -0.39 is 6.10 Å². The molecular formula is C46H88O6. The molecule has 0 saturated carbocycles. The van der Waals surface area contributed by atoms with Gasteiger partial charge in [-0.1, -0.05) is 214 Å². The zero-order valence-electron chi connectivity index (χ0n) is 35.3. The Balaban J connectivity index is 4.09. The molecule has 0 aromatic rings. The first-order chi connectivity index (χ1) is 25.4. The molecule has 2 atom stereocenters. The molecule has 0 spiro atoms. The maximum absolute atomic E-state index is 12.5. The first-order valence-electron chi connectivity index (χ1n) is 22.9. The van der Waals surface area contributed by atoms with Crippen LogP contribution in [0.1, 0.15) is 252 Å². The lowest BCUT2D eigenvalue weighted by atomic mass is 9.99. The topological polar surface area (TPSA) is 78.9 Å². The zero-order chi connectivity index (χ0) is 38.2. The van der Waals surface area contributed by atoms with Crippen molar-refractivity contribution in [2.75, 3.05) is 13.2 Å². The number of hydrogen-bond acceptors (Lipinski definition) is 6. The summed E-state index contributed by atoms with van der Waals surface area (Å²) in [5.74, 6) is 0.0268. The summed E-state index contributed by atoms with van der Waals surface area (Å²) in [7, 11) is 0. The molecular weight excluding hydrogens is 649 g/mol. The maximum Gasteiger partial charge on any atom is 0.306 e. The van der Waals surface area contributed by atoms with Crippen LogP contribution in [0.5, 0.6) is 0 Å². The summed E-state index contributed by atoms with van der Waals surface area (Å²) >= 11 is 0. The summed E-state index contributed by atoms with van der Waals surface area (Å²) in [5.41, 5.74) is 0. The van der Waals surface area contributed by atoms with Crippen LogP contribution < -0.4 is 0 Å². The maximum atomic E-state index is 12.5. The lowest BCUT2D eigenvalue weighted by Gasteiger charge is -2.18. The number of carbonyl (C=O) groups is 3. The minimum Gasteiger partial charge on any atom is -0.462 e. The van der Waals surface area contributed by atoms with E-state index in [9.17, 15) is 14.4 Å². The molecule has 0 aliphatic carbocycles. The molecule has 0 rings (SSSR count). The van der Waals surface area contributed by atoms with E-state index in [0.29, 0.717) is 19.3 Å². The number of carbonyl (C=O) groups excluding carboxylic acids is 3. The van der Waals surface area contributed by atoms with E-state index >= 15 is 0 Å². The minimum atomic E-state index is -0.757. The van der Waals surface area contributed by atoms with Crippen molar-refractivity contribution in [2.45, 2.75) is 259 Å². The van der Waals surface area contributed by atoms with Crippen molar-refractivity contribution in [2.24, 2.45) is 5.92 Å². The highest BCUT2D eigenvalue weighted by atomic mass is 16.6. The number of hydrogen-bond donors (Lipinski definition) is 0. The van der Waals surface area contributed by atoms with E-state index in [2.05, 4.69) is 27.7 Å². The van der Waals surface area contributed by atoms with E-state index in [0.717, 1.165) is 70.1 Å². The van der Waals surface area contributed by atoms with Crippen LogP contribution >= 0.6 is 0 Å². The highest BCUT2D eigenvalue weighted by molar-refractivity contribution is 5.71. The summed E-state index contributed by atoms with van der Waals surface area (Å²) in [6, 6.07) is 0. The van der Waals surface area contributed by atoms with Crippen molar-refractivity contribution in [3.05, 3.63) is 0 Å². The van der Waals surface area contributed by atoms with Crippen molar-refractivity contribution in [3.8, 4) is 0 Å². The van der Waals surface area contributed by atoms with Crippen LogP contribution in [0.25, 0.3) is 0 Å². The van der Waals surface area contributed by atoms with Crippen molar-refractivity contribution in [1.82, 2.24) is 0 Å². The molecule has 6 heteroatoms. The number of ether oxygens (including phenoxy) is 3. The Labute approximate surface area is 323 Å². The Hall–Kier alpha value is -1.59. The molecule has 0 aliphatic rings. The Kier molecular flexibility index (Phi) is 39.4. The van der Waals surface area contributed by atoms with Crippen LogP contribution in [0.4, 0.5) is 0 Å². The highest BCUT2D eigenvalue weighted by Gasteiger charge is 2.19.